The summed E-state index contributed by atoms with van der Waals surface area (Å²) >= 11 is 0. The summed E-state index contributed by atoms with van der Waals surface area (Å²) < 4.78 is 19.2. The van der Waals surface area contributed by atoms with Crippen LogP contribution in [0.3, 0.4) is 0 Å². The number of benzene rings is 1. The second kappa shape index (κ2) is 4.41. The molecule has 1 aromatic carbocycles. The van der Waals surface area contributed by atoms with Crippen LogP contribution in [0, 0.1) is 5.82 Å². The van der Waals surface area contributed by atoms with Crippen molar-refractivity contribution >= 4 is 22.5 Å². The predicted molar refractivity (Wildman–Crippen MR) is 67.0 cm³/mol. The van der Waals surface area contributed by atoms with E-state index in [0.717, 1.165) is 0 Å². The van der Waals surface area contributed by atoms with E-state index in [1.165, 1.54) is 22.7 Å². The molecule has 0 fully saturated rings. The average Bonchev–Trinajstić information content (AvgIpc) is 2.84. The smallest absolute Gasteiger partial charge is 0.361 e. The number of hydrogen-bond acceptors (Lipinski definition) is 5. The van der Waals surface area contributed by atoms with Crippen LogP contribution in [0.25, 0.3) is 16.6 Å². The molecule has 8 heteroatoms. The van der Waals surface area contributed by atoms with Crippen LogP contribution in [0.4, 0.5) is 4.39 Å². The van der Waals surface area contributed by atoms with Gasteiger partial charge in [0.2, 0.25) is 5.69 Å². The summed E-state index contributed by atoms with van der Waals surface area (Å²) in [5.74, 6) is -1.22. The molecule has 102 valence electrons. The SMILES string of the molecule is CCOC(=O)c1nnn2c1c(=O)[nH]c1cc(F)ccc12. The summed E-state index contributed by atoms with van der Waals surface area (Å²) in [7, 11) is 0. The van der Waals surface area contributed by atoms with E-state index in [1.807, 2.05) is 0 Å². The number of hydrogen-bond donors (Lipinski definition) is 1. The van der Waals surface area contributed by atoms with E-state index in [1.54, 1.807) is 6.92 Å². The first kappa shape index (κ1) is 12.3. The number of esters is 1. The Bertz CT molecular complexity index is 883. The Kier molecular flexibility index (Phi) is 2.70. The van der Waals surface area contributed by atoms with Gasteiger partial charge in [0.25, 0.3) is 5.56 Å². The first-order chi connectivity index (χ1) is 9.61. The van der Waals surface area contributed by atoms with Crippen LogP contribution in [0.1, 0.15) is 17.4 Å². The Labute approximate surface area is 111 Å². The molecule has 0 atom stereocenters. The van der Waals surface area contributed by atoms with Crippen LogP contribution in [0.2, 0.25) is 0 Å². The van der Waals surface area contributed by atoms with Gasteiger partial charge in [-0.1, -0.05) is 5.21 Å². The van der Waals surface area contributed by atoms with Gasteiger partial charge >= 0.3 is 5.97 Å². The molecule has 2 aromatic heterocycles. The van der Waals surface area contributed by atoms with Crippen molar-refractivity contribution in [2.24, 2.45) is 0 Å². The van der Waals surface area contributed by atoms with Crippen LogP contribution in [-0.4, -0.2) is 32.4 Å². The van der Waals surface area contributed by atoms with Gasteiger partial charge in [-0.25, -0.2) is 13.7 Å². The minimum absolute atomic E-state index is 0.0254. The Morgan fingerprint density at radius 2 is 2.30 bits per heavy atom. The molecule has 0 saturated heterocycles. The standard InChI is InChI=1S/C12H9FN4O3/c1-2-20-12(19)9-10-11(18)14-7-5-6(13)3-4-8(7)17(10)16-15-9/h3-5H,2H2,1H3,(H,14,18). The molecular formula is C12H9FN4O3. The predicted octanol–water partition coefficient (Wildman–Crippen LogP) is 0.887. The molecule has 0 aliphatic heterocycles. The van der Waals surface area contributed by atoms with E-state index >= 15 is 0 Å². The number of halogens is 1. The van der Waals surface area contributed by atoms with Crippen molar-refractivity contribution in [2.75, 3.05) is 6.61 Å². The fourth-order valence-corrected chi connectivity index (χ4v) is 1.97. The fourth-order valence-electron chi connectivity index (χ4n) is 1.97. The van der Waals surface area contributed by atoms with E-state index in [9.17, 15) is 14.0 Å². The minimum Gasteiger partial charge on any atom is -0.461 e. The Hall–Kier alpha value is -2.77. The summed E-state index contributed by atoms with van der Waals surface area (Å²) in [4.78, 5) is 26.2. The molecule has 0 unspecified atom stereocenters. The number of aromatic nitrogens is 4. The third kappa shape index (κ3) is 1.73. The summed E-state index contributed by atoms with van der Waals surface area (Å²) in [5.41, 5.74) is -0.0788. The lowest BCUT2D eigenvalue weighted by Crippen LogP contribution is -2.15. The molecule has 0 aliphatic carbocycles. The van der Waals surface area contributed by atoms with Crippen molar-refractivity contribution in [3.8, 4) is 0 Å². The van der Waals surface area contributed by atoms with Crippen molar-refractivity contribution in [3.63, 3.8) is 0 Å². The van der Waals surface area contributed by atoms with E-state index < -0.39 is 17.3 Å². The zero-order chi connectivity index (χ0) is 14.3. The molecule has 7 nitrogen and oxygen atoms in total. The van der Waals surface area contributed by atoms with Crippen LogP contribution < -0.4 is 5.56 Å². The van der Waals surface area contributed by atoms with Gasteiger partial charge in [0.1, 0.15) is 5.82 Å². The molecule has 0 bridgehead atoms. The molecule has 0 amide bonds. The number of ether oxygens (including phenoxy) is 1. The summed E-state index contributed by atoms with van der Waals surface area (Å²) in [6.45, 7) is 1.81. The number of aromatic amines is 1. The Morgan fingerprint density at radius 3 is 3.05 bits per heavy atom. The second-order valence-corrected chi connectivity index (χ2v) is 4.03. The lowest BCUT2D eigenvalue weighted by Gasteiger charge is -2.01. The lowest BCUT2D eigenvalue weighted by atomic mass is 10.2. The molecule has 0 aliphatic rings. The molecular weight excluding hydrogens is 267 g/mol. The van der Waals surface area contributed by atoms with Gasteiger partial charge in [0.05, 0.1) is 17.6 Å². The maximum atomic E-state index is 13.2. The normalized spacial score (nSPS) is 11.1. The number of carbonyl (C=O) groups excluding carboxylic acids is 1. The molecule has 3 aromatic rings. The third-order valence-electron chi connectivity index (χ3n) is 2.79. The first-order valence-corrected chi connectivity index (χ1v) is 5.86. The van der Waals surface area contributed by atoms with E-state index in [0.29, 0.717) is 5.52 Å². The molecule has 2 heterocycles. The highest BCUT2D eigenvalue weighted by atomic mass is 19.1. The zero-order valence-corrected chi connectivity index (χ0v) is 10.4. The van der Waals surface area contributed by atoms with E-state index in [4.69, 9.17) is 4.74 Å². The van der Waals surface area contributed by atoms with E-state index in [-0.39, 0.29) is 23.3 Å². The van der Waals surface area contributed by atoms with Crippen LogP contribution >= 0.6 is 0 Å². The largest absolute Gasteiger partial charge is 0.461 e. The average molecular weight is 276 g/mol. The van der Waals surface area contributed by atoms with Crippen LogP contribution in [-0.2, 0) is 4.74 Å². The third-order valence-corrected chi connectivity index (χ3v) is 2.79. The number of H-pyrrole nitrogens is 1. The maximum Gasteiger partial charge on any atom is 0.361 e. The van der Waals surface area contributed by atoms with Gasteiger partial charge in [-0.2, -0.15) is 0 Å². The van der Waals surface area contributed by atoms with Gasteiger partial charge in [-0.15, -0.1) is 5.10 Å². The Balaban J connectivity index is 2.37. The van der Waals surface area contributed by atoms with Gasteiger partial charge < -0.3 is 9.72 Å². The van der Waals surface area contributed by atoms with Gasteiger partial charge in [-0.05, 0) is 25.1 Å². The summed E-state index contributed by atoms with van der Waals surface area (Å²) in [6, 6.07) is 3.84. The Morgan fingerprint density at radius 1 is 1.50 bits per heavy atom. The maximum absolute atomic E-state index is 13.2. The quantitative estimate of drug-likeness (QED) is 0.702. The van der Waals surface area contributed by atoms with Crippen molar-refractivity contribution in [1.82, 2.24) is 19.8 Å². The van der Waals surface area contributed by atoms with Crippen molar-refractivity contribution in [3.05, 3.63) is 40.1 Å². The topological polar surface area (TPSA) is 89.3 Å². The molecule has 3 rings (SSSR count). The molecule has 0 saturated carbocycles. The summed E-state index contributed by atoms with van der Waals surface area (Å²) in [6.07, 6.45) is 0. The highest BCUT2D eigenvalue weighted by molar-refractivity contribution is 5.95. The van der Waals surface area contributed by atoms with Crippen molar-refractivity contribution < 1.29 is 13.9 Å². The number of fused-ring (bicyclic) bond motifs is 3. The van der Waals surface area contributed by atoms with Gasteiger partial charge in [0.15, 0.2) is 5.52 Å². The number of nitrogens with one attached hydrogen (secondary N) is 1. The molecule has 0 radical (unpaired) electrons. The van der Waals surface area contributed by atoms with Crippen molar-refractivity contribution in [2.45, 2.75) is 6.92 Å². The fraction of sp³-hybridized carbons (Fsp3) is 0.167. The van der Waals surface area contributed by atoms with Gasteiger partial charge in [-0.3, -0.25) is 4.79 Å². The lowest BCUT2D eigenvalue weighted by molar-refractivity contribution is 0.0521. The van der Waals surface area contributed by atoms with E-state index in [2.05, 4.69) is 15.3 Å². The number of carbonyl (C=O) groups is 1. The van der Waals surface area contributed by atoms with Crippen LogP contribution in [0.15, 0.2) is 23.0 Å². The summed E-state index contributed by atoms with van der Waals surface area (Å²) in [5, 5.41) is 7.44. The number of rotatable bonds is 2. The molecule has 20 heavy (non-hydrogen) atoms. The second-order valence-electron chi connectivity index (χ2n) is 4.03. The first-order valence-electron chi connectivity index (χ1n) is 5.86. The number of nitrogens with zero attached hydrogens (tertiary/aromatic N) is 3. The van der Waals surface area contributed by atoms with Gasteiger partial charge in [0, 0.05) is 0 Å². The molecule has 1 N–H and O–H groups in total. The van der Waals surface area contributed by atoms with Crippen molar-refractivity contribution in [1.29, 1.82) is 0 Å². The monoisotopic (exact) mass is 276 g/mol. The molecule has 0 spiro atoms. The highest BCUT2D eigenvalue weighted by Crippen LogP contribution is 2.14. The zero-order valence-electron chi connectivity index (χ0n) is 10.4. The van der Waals surface area contributed by atoms with Crippen LogP contribution in [0.5, 0.6) is 0 Å². The minimum atomic E-state index is -0.727. The highest BCUT2D eigenvalue weighted by Gasteiger charge is 2.20.